The van der Waals surface area contributed by atoms with Gasteiger partial charge in [0, 0.05) is 11.8 Å². The van der Waals surface area contributed by atoms with Crippen molar-refractivity contribution < 1.29 is 4.74 Å². The van der Waals surface area contributed by atoms with Gasteiger partial charge >= 0.3 is 0 Å². The first-order chi connectivity index (χ1) is 7.77. The first kappa shape index (κ1) is 13.4. The molecule has 2 N–H and O–H groups in total. The Kier molecular flexibility index (Phi) is 6.34. The van der Waals surface area contributed by atoms with Gasteiger partial charge in [-0.15, -0.1) is 0 Å². The Morgan fingerprint density at radius 3 is 2.56 bits per heavy atom. The molecule has 0 radical (unpaired) electrons. The molecule has 0 heterocycles. The number of unbranched alkanes of at least 4 members (excludes halogenated alkanes) is 1. The van der Waals surface area contributed by atoms with Gasteiger partial charge in [0.2, 0.25) is 0 Å². The second-order valence-corrected chi connectivity index (χ2v) is 4.96. The molecular formula is C13H21NOS. The summed E-state index contributed by atoms with van der Waals surface area (Å²) in [5.74, 6) is 3.08. The normalized spacial score (nSPS) is 12.4. The third-order valence-electron chi connectivity index (χ3n) is 2.48. The maximum absolute atomic E-state index is 6.11. The Hall–Kier alpha value is -0.670. The zero-order valence-corrected chi connectivity index (χ0v) is 10.9. The van der Waals surface area contributed by atoms with Gasteiger partial charge in [0.05, 0.1) is 7.11 Å². The molecule has 1 atom stereocenters. The topological polar surface area (TPSA) is 35.2 Å². The molecule has 16 heavy (non-hydrogen) atoms. The van der Waals surface area contributed by atoms with Crippen molar-refractivity contribution in [3.63, 3.8) is 0 Å². The SMILES string of the molecule is CCCCSCC(N)c1ccc(OC)cc1. The number of rotatable bonds is 7. The van der Waals surface area contributed by atoms with Crippen molar-refractivity contribution in [3.05, 3.63) is 29.8 Å². The lowest BCUT2D eigenvalue weighted by atomic mass is 10.1. The second kappa shape index (κ2) is 7.58. The van der Waals surface area contributed by atoms with E-state index in [1.165, 1.54) is 24.2 Å². The summed E-state index contributed by atoms with van der Waals surface area (Å²) in [6.07, 6.45) is 2.53. The van der Waals surface area contributed by atoms with Crippen LogP contribution in [0.2, 0.25) is 0 Å². The van der Waals surface area contributed by atoms with E-state index in [2.05, 4.69) is 6.92 Å². The molecule has 0 amide bonds. The fraction of sp³-hybridized carbons (Fsp3) is 0.538. The summed E-state index contributed by atoms with van der Waals surface area (Å²) in [5.41, 5.74) is 7.29. The van der Waals surface area contributed by atoms with Gasteiger partial charge in [-0.2, -0.15) is 11.8 Å². The van der Waals surface area contributed by atoms with E-state index in [4.69, 9.17) is 10.5 Å². The maximum atomic E-state index is 6.11. The van der Waals surface area contributed by atoms with Gasteiger partial charge in [-0.25, -0.2) is 0 Å². The molecule has 0 aromatic heterocycles. The first-order valence-electron chi connectivity index (χ1n) is 5.75. The van der Waals surface area contributed by atoms with Crippen LogP contribution in [0.15, 0.2) is 24.3 Å². The molecule has 1 aromatic carbocycles. The van der Waals surface area contributed by atoms with E-state index in [1.54, 1.807) is 7.11 Å². The van der Waals surface area contributed by atoms with Crippen molar-refractivity contribution in [3.8, 4) is 5.75 Å². The molecule has 0 saturated heterocycles. The number of hydrogen-bond acceptors (Lipinski definition) is 3. The van der Waals surface area contributed by atoms with Crippen LogP contribution in [0.5, 0.6) is 5.75 Å². The highest BCUT2D eigenvalue weighted by Gasteiger charge is 2.05. The van der Waals surface area contributed by atoms with Gasteiger partial charge in [-0.1, -0.05) is 25.5 Å². The fourth-order valence-electron chi connectivity index (χ4n) is 1.40. The molecule has 0 aliphatic carbocycles. The lowest BCUT2D eigenvalue weighted by molar-refractivity contribution is 0.414. The number of nitrogens with two attached hydrogens (primary N) is 1. The summed E-state index contributed by atoms with van der Waals surface area (Å²) in [4.78, 5) is 0. The number of ether oxygens (including phenoxy) is 1. The molecule has 1 unspecified atom stereocenters. The smallest absolute Gasteiger partial charge is 0.118 e. The summed E-state index contributed by atoms with van der Waals surface area (Å²) < 4.78 is 5.12. The van der Waals surface area contributed by atoms with Crippen molar-refractivity contribution >= 4 is 11.8 Å². The summed E-state index contributed by atoms with van der Waals surface area (Å²) in [7, 11) is 1.68. The maximum Gasteiger partial charge on any atom is 0.118 e. The van der Waals surface area contributed by atoms with Crippen LogP contribution in [0.3, 0.4) is 0 Å². The van der Waals surface area contributed by atoms with Crippen molar-refractivity contribution in [1.82, 2.24) is 0 Å². The van der Waals surface area contributed by atoms with E-state index in [1.807, 2.05) is 36.0 Å². The molecule has 2 nitrogen and oxygen atoms in total. The molecule has 1 rings (SSSR count). The van der Waals surface area contributed by atoms with Crippen LogP contribution in [-0.2, 0) is 0 Å². The zero-order chi connectivity index (χ0) is 11.8. The predicted octanol–water partition coefficient (Wildman–Crippen LogP) is 3.23. The van der Waals surface area contributed by atoms with Gasteiger partial charge in [0.15, 0.2) is 0 Å². The minimum Gasteiger partial charge on any atom is -0.497 e. The lowest BCUT2D eigenvalue weighted by Gasteiger charge is -2.12. The van der Waals surface area contributed by atoms with E-state index in [9.17, 15) is 0 Å². The molecule has 0 fully saturated rings. The molecule has 1 aromatic rings. The van der Waals surface area contributed by atoms with Crippen molar-refractivity contribution in [2.75, 3.05) is 18.6 Å². The largest absolute Gasteiger partial charge is 0.497 e. The Labute approximate surface area is 103 Å². The van der Waals surface area contributed by atoms with Gasteiger partial charge < -0.3 is 10.5 Å². The number of thioether (sulfide) groups is 1. The van der Waals surface area contributed by atoms with E-state index in [-0.39, 0.29) is 6.04 Å². The molecular weight excluding hydrogens is 218 g/mol. The Balaban J connectivity index is 2.37. The van der Waals surface area contributed by atoms with Crippen LogP contribution in [0.25, 0.3) is 0 Å². The Bertz CT molecular complexity index is 286. The number of benzene rings is 1. The highest BCUT2D eigenvalue weighted by atomic mass is 32.2. The third kappa shape index (κ3) is 4.45. The van der Waals surface area contributed by atoms with Crippen LogP contribution >= 0.6 is 11.8 Å². The summed E-state index contributed by atoms with van der Waals surface area (Å²) in [6, 6.07) is 8.15. The lowest BCUT2D eigenvalue weighted by Crippen LogP contribution is -2.13. The van der Waals surface area contributed by atoms with Crippen LogP contribution in [-0.4, -0.2) is 18.6 Å². The Morgan fingerprint density at radius 1 is 1.31 bits per heavy atom. The van der Waals surface area contributed by atoms with Crippen LogP contribution in [0, 0.1) is 0 Å². The minimum atomic E-state index is 0.132. The molecule has 90 valence electrons. The number of methoxy groups -OCH3 is 1. The van der Waals surface area contributed by atoms with Crippen molar-refractivity contribution in [2.45, 2.75) is 25.8 Å². The fourth-order valence-corrected chi connectivity index (χ4v) is 2.51. The standard InChI is InChI=1S/C13H21NOS/c1-3-4-9-16-10-13(14)11-5-7-12(15-2)8-6-11/h5-8,13H,3-4,9-10,14H2,1-2H3. The van der Waals surface area contributed by atoms with Gasteiger partial charge in [-0.05, 0) is 29.9 Å². The Morgan fingerprint density at radius 2 is 2.00 bits per heavy atom. The third-order valence-corrected chi connectivity index (χ3v) is 3.66. The van der Waals surface area contributed by atoms with Crippen molar-refractivity contribution in [2.24, 2.45) is 5.73 Å². The summed E-state index contributed by atoms with van der Waals surface area (Å²) >= 11 is 1.93. The highest BCUT2D eigenvalue weighted by Crippen LogP contribution is 2.19. The average Bonchev–Trinajstić information content (AvgIpc) is 2.34. The molecule has 0 saturated carbocycles. The number of hydrogen-bond donors (Lipinski definition) is 1. The van der Waals surface area contributed by atoms with Gasteiger partial charge in [-0.3, -0.25) is 0 Å². The summed E-state index contributed by atoms with van der Waals surface area (Å²) in [5, 5.41) is 0. The second-order valence-electron chi connectivity index (χ2n) is 3.81. The molecule has 0 aliphatic rings. The first-order valence-corrected chi connectivity index (χ1v) is 6.90. The van der Waals surface area contributed by atoms with Gasteiger partial charge in [0.25, 0.3) is 0 Å². The molecule has 0 bridgehead atoms. The van der Waals surface area contributed by atoms with Gasteiger partial charge in [0.1, 0.15) is 5.75 Å². The highest BCUT2D eigenvalue weighted by molar-refractivity contribution is 7.99. The van der Waals surface area contributed by atoms with E-state index in [0.717, 1.165) is 11.5 Å². The average molecular weight is 239 g/mol. The monoisotopic (exact) mass is 239 g/mol. The molecule has 0 aliphatic heterocycles. The molecule has 0 spiro atoms. The quantitative estimate of drug-likeness (QED) is 0.742. The van der Waals surface area contributed by atoms with E-state index in [0.29, 0.717) is 0 Å². The van der Waals surface area contributed by atoms with Crippen LogP contribution in [0.1, 0.15) is 31.4 Å². The minimum absolute atomic E-state index is 0.132. The van der Waals surface area contributed by atoms with E-state index >= 15 is 0 Å². The van der Waals surface area contributed by atoms with E-state index < -0.39 is 0 Å². The van der Waals surface area contributed by atoms with Crippen LogP contribution < -0.4 is 10.5 Å². The predicted molar refractivity (Wildman–Crippen MR) is 72.2 cm³/mol. The summed E-state index contributed by atoms with van der Waals surface area (Å²) in [6.45, 7) is 2.21. The zero-order valence-electron chi connectivity index (χ0n) is 10.1. The molecule has 3 heteroatoms. The van der Waals surface area contributed by atoms with Crippen LogP contribution in [0.4, 0.5) is 0 Å². The van der Waals surface area contributed by atoms with Crippen molar-refractivity contribution in [1.29, 1.82) is 0 Å².